The average Bonchev–Trinajstić information content (AvgIpc) is 2.02. The third-order valence-electron chi connectivity index (χ3n) is 1.37. The Morgan fingerprint density at radius 2 is 2.23 bits per heavy atom. The molecule has 0 saturated carbocycles. The third-order valence-corrected chi connectivity index (χ3v) is 1.88. The van der Waals surface area contributed by atoms with E-state index in [1.54, 1.807) is 0 Å². The molecule has 0 aromatic carbocycles. The fraction of sp³-hybridized carbons (Fsp3) is 0.167. The Bertz CT molecular complexity index is 356. The SMILES string of the molecule is O=[N+]([O-])c1cc(Cl)nc(Cl)c1CO. The fourth-order valence-electron chi connectivity index (χ4n) is 0.808. The Kier molecular flexibility index (Phi) is 3.02. The van der Waals surface area contributed by atoms with E-state index in [-0.39, 0.29) is 21.6 Å². The second-order valence-corrected chi connectivity index (χ2v) is 2.89. The molecule has 0 spiro atoms. The van der Waals surface area contributed by atoms with Gasteiger partial charge in [-0.3, -0.25) is 10.1 Å². The van der Waals surface area contributed by atoms with Gasteiger partial charge in [-0.15, -0.1) is 0 Å². The highest BCUT2D eigenvalue weighted by molar-refractivity contribution is 6.33. The maximum absolute atomic E-state index is 10.4. The van der Waals surface area contributed by atoms with Crippen LogP contribution >= 0.6 is 23.2 Å². The van der Waals surface area contributed by atoms with Crippen molar-refractivity contribution in [2.45, 2.75) is 6.61 Å². The minimum Gasteiger partial charge on any atom is -0.391 e. The summed E-state index contributed by atoms with van der Waals surface area (Å²) in [6.07, 6.45) is 0. The molecule has 0 atom stereocenters. The van der Waals surface area contributed by atoms with Crippen molar-refractivity contribution in [1.82, 2.24) is 4.98 Å². The number of aromatic nitrogens is 1. The normalized spacial score (nSPS) is 10.1. The summed E-state index contributed by atoms with van der Waals surface area (Å²) in [4.78, 5) is 13.3. The second kappa shape index (κ2) is 3.87. The molecule has 1 heterocycles. The molecule has 0 fully saturated rings. The minimum atomic E-state index is -0.676. The lowest BCUT2D eigenvalue weighted by atomic mass is 10.2. The Labute approximate surface area is 83.1 Å². The summed E-state index contributed by atoms with van der Waals surface area (Å²) in [5.41, 5.74) is -0.358. The highest BCUT2D eigenvalue weighted by Gasteiger charge is 2.18. The van der Waals surface area contributed by atoms with Crippen molar-refractivity contribution in [2.75, 3.05) is 0 Å². The van der Waals surface area contributed by atoms with Crippen molar-refractivity contribution >= 4 is 28.9 Å². The zero-order chi connectivity index (χ0) is 10.0. The second-order valence-electron chi connectivity index (χ2n) is 2.15. The van der Waals surface area contributed by atoms with Gasteiger partial charge in [-0.1, -0.05) is 23.2 Å². The molecule has 1 aromatic heterocycles. The molecule has 0 aliphatic carbocycles. The summed E-state index contributed by atoms with van der Waals surface area (Å²) in [7, 11) is 0. The third kappa shape index (κ3) is 2.06. The van der Waals surface area contributed by atoms with Gasteiger partial charge in [-0.05, 0) is 0 Å². The predicted molar refractivity (Wildman–Crippen MR) is 46.8 cm³/mol. The average molecular weight is 223 g/mol. The van der Waals surface area contributed by atoms with Crippen LogP contribution in [0, 0.1) is 10.1 Å². The van der Waals surface area contributed by atoms with Crippen molar-refractivity contribution in [2.24, 2.45) is 0 Å². The van der Waals surface area contributed by atoms with Gasteiger partial charge in [-0.25, -0.2) is 4.98 Å². The molecule has 0 bridgehead atoms. The topological polar surface area (TPSA) is 76.3 Å². The van der Waals surface area contributed by atoms with Gasteiger partial charge >= 0.3 is 0 Å². The van der Waals surface area contributed by atoms with Gasteiger partial charge in [0.25, 0.3) is 5.69 Å². The van der Waals surface area contributed by atoms with Crippen LogP contribution in [0.1, 0.15) is 5.56 Å². The van der Waals surface area contributed by atoms with Gasteiger partial charge in [0.2, 0.25) is 0 Å². The maximum atomic E-state index is 10.4. The van der Waals surface area contributed by atoms with E-state index in [1.165, 1.54) is 0 Å². The van der Waals surface area contributed by atoms with Crippen molar-refractivity contribution in [1.29, 1.82) is 0 Å². The van der Waals surface area contributed by atoms with Crippen LogP contribution in [-0.4, -0.2) is 15.0 Å². The standard InChI is InChI=1S/C6H4Cl2N2O3/c7-5-1-4(10(12)13)3(2-11)6(8)9-5/h1,11H,2H2. The lowest BCUT2D eigenvalue weighted by molar-refractivity contribution is -0.385. The Morgan fingerprint density at radius 3 is 2.69 bits per heavy atom. The first-order valence-corrected chi connectivity index (χ1v) is 3.92. The summed E-state index contributed by atoms with van der Waals surface area (Å²) < 4.78 is 0. The number of rotatable bonds is 2. The van der Waals surface area contributed by atoms with Gasteiger partial charge in [0.15, 0.2) is 0 Å². The van der Waals surface area contributed by atoms with Crippen LogP contribution < -0.4 is 0 Å². The molecule has 0 saturated heterocycles. The van der Waals surface area contributed by atoms with Gasteiger partial charge in [0, 0.05) is 0 Å². The lowest BCUT2D eigenvalue weighted by Gasteiger charge is -2.01. The van der Waals surface area contributed by atoms with Crippen LogP contribution in [0.3, 0.4) is 0 Å². The molecule has 0 unspecified atom stereocenters. The Hall–Kier alpha value is -0.910. The molecular formula is C6H4Cl2N2O3. The number of hydrogen-bond donors (Lipinski definition) is 1. The Balaban J connectivity index is 3.38. The Morgan fingerprint density at radius 1 is 1.62 bits per heavy atom. The molecule has 1 rings (SSSR count). The van der Waals surface area contributed by atoms with Gasteiger partial charge < -0.3 is 5.11 Å². The molecule has 1 aromatic rings. The molecule has 0 amide bonds. The fourth-order valence-corrected chi connectivity index (χ4v) is 1.29. The van der Waals surface area contributed by atoms with E-state index in [1.807, 2.05) is 0 Å². The number of halogens is 2. The number of pyridine rings is 1. The molecule has 70 valence electrons. The van der Waals surface area contributed by atoms with Crippen molar-refractivity contribution in [3.63, 3.8) is 0 Å². The zero-order valence-electron chi connectivity index (χ0n) is 6.20. The van der Waals surface area contributed by atoms with Crippen LogP contribution in [0.15, 0.2) is 6.07 Å². The molecule has 1 N–H and O–H groups in total. The van der Waals surface area contributed by atoms with Gasteiger partial charge in [0.05, 0.1) is 23.2 Å². The van der Waals surface area contributed by atoms with Crippen molar-refractivity contribution in [3.05, 3.63) is 32.1 Å². The number of nitrogens with zero attached hydrogens (tertiary/aromatic N) is 2. The summed E-state index contributed by atoms with van der Waals surface area (Å²) in [5, 5.41) is 19.0. The molecular weight excluding hydrogens is 219 g/mol. The number of aliphatic hydroxyl groups is 1. The van der Waals surface area contributed by atoms with E-state index in [0.717, 1.165) is 6.07 Å². The van der Waals surface area contributed by atoms with E-state index in [4.69, 9.17) is 28.3 Å². The smallest absolute Gasteiger partial charge is 0.281 e. The van der Waals surface area contributed by atoms with Gasteiger partial charge in [-0.2, -0.15) is 0 Å². The first-order chi connectivity index (χ1) is 6.06. The van der Waals surface area contributed by atoms with Crippen LogP contribution in [0.25, 0.3) is 0 Å². The van der Waals surface area contributed by atoms with Gasteiger partial charge in [0.1, 0.15) is 10.3 Å². The number of nitro groups is 1. The highest BCUT2D eigenvalue weighted by atomic mass is 35.5. The zero-order valence-corrected chi connectivity index (χ0v) is 7.71. The quantitative estimate of drug-likeness (QED) is 0.471. The first-order valence-electron chi connectivity index (χ1n) is 3.16. The maximum Gasteiger partial charge on any atom is 0.281 e. The number of hydrogen-bond acceptors (Lipinski definition) is 4. The highest BCUT2D eigenvalue weighted by Crippen LogP contribution is 2.27. The first kappa shape index (κ1) is 10.2. The minimum absolute atomic E-state index is 0.0314. The van der Waals surface area contributed by atoms with E-state index in [9.17, 15) is 10.1 Å². The summed E-state index contributed by atoms with van der Waals surface area (Å²) in [6, 6.07) is 1.04. The van der Waals surface area contributed by atoms with Crippen molar-refractivity contribution < 1.29 is 10.0 Å². The molecule has 0 radical (unpaired) electrons. The van der Waals surface area contributed by atoms with Crippen LogP contribution in [0.2, 0.25) is 10.3 Å². The monoisotopic (exact) mass is 222 g/mol. The van der Waals surface area contributed by atoms with Crippen LogP contribution in [0.4, 0.5) is 5.69 Å². The lowest BCUT2D eigenvalue weighted by Crippen LogP contribution is -1.98. The molecule has 13 heavy (non-hydrogen) atoms. The van der Waals surface area contributed by atoms with E-state index in [0.29, 0.717) is 0 Å². The summed E-state index contributed by atoms with van der Waals surface area (Å²) in [5.74, 6) is 0. The molecule has 0 aliphatic heterocycles. The van der Waals surface area contributed by atoms with Crippen LogP contribution in [-0.2, 0) is 6.61 Å². The van der Waals surface area contributed by atoms with Crippen molar-refractivity contribution in [3.8, 4) is 0 Å². The van der Waals surface area contributed by atoms with Crippen LogP contribution in [0.5, 0.6) is 0 Å². The summed E-state index contributed by atoms with van der Waals surface area (Å²) in [6.45, 7) is -0.542. The van der Waals surface area contributed by atoms with E-state index in [2.05, 4.69) is 4.98 Å². The molecule has 5 nitrogen and oxygen atoms in total. The molecule has 7 heteroatoms. The molecule has 0 aliphatic rings. The predicted octanol–water partition coefficient (Wildman–Crippen LogP) is 1.79. The number of aliphatic hydroxyl groups excluding tert-OH is 1. The van der Waals surface area contributed by atoms with E-state index < -0.39 is 11.5 Å². The van der Waals surface area contributed by atoms with E-state index >= 15 is 0 Å². The largest absolute Gasteiger partial charge is 0.391 e. The summed E-state index contributed by atoms with van der Waals surface area (Å²) >= 11 is 11.0.